The third-order valence-corrected chi connectivity index (χ3v) is 2.84. The smallest absolute Gasteiger partial charge is 0.0713 e. The minimum atomic E-state index is 0.377. The summed E-state index contributed by atoms with van der Waals surface area (Å²) in [6.45, 7) is 7.98. The minimum Gasteiger partial charge on any atom is -0.380 e. The first-order chi connectivity index (χ1) is 5.45. The summed E-state index contributed by atoms with van der Waals surface area (Å²) in [5.41, 5.74) is 0.377. The second kappa shape index (κ2) is 3.35. The standard InChI is InChI=1S/C10H21NO/c1-10(2,3)9-6-8(12-5)7-11(9)4/h8-9H,6-7H2,1-5H3/t8-,9?/m1/s1. The average Bonchev–Trinajstić information content (AvgIpc) is 2.29. The van der Waals surface area contributed by atoms with Gasteiger partial charge in [0.05, 0.1) is 6.10 Å². The van der Waals surface area contributed by atoms with Crippen molar-refractivity contribution in [1.29, 1.82) is 0 Å². The molecular formula is C10H21NO. The van der Waals surface area contributed by atoms with E-state index in [1.54, 1.807) is 0 Å². The maximum Gasteiger partial charge on any atom is 0.0713 e. The molecule has 1 unspecified atom stereocenters. The fourth-order valence-electron chi connectivity index (χ4n) is 2.14. The summed E-state index contributed by atoms with van der Waals surface area (Å²) >= 11 is 0. The molecule has 1 rings (SSSR count). The Morgan fingerprint density at radius 2 is 1.92 bits per heavy atom. The molecule has 72 valence electrons. The highest BCUT2D eigenvalue weighted by Gasteiger charge is 2.36. The Hall–Kier alpha value is -0.0800. The molecule has 1 heterocycles. The molecule has 0 aromatic carbocycles. The van der Waals surface area contributed by atoms with Crippen LogP contribution in [0.4, 0.5) is 0 Å². The zero-order valence-corrected chi connectivity index (χ0v) is 8.92. The van der Waals surface area contributed by atoms with Gasteiger partial charge < -0.3 is 9.64 Å². The lowest BCUT2D eigenvalue weighted by atomic mass is 9.85. The van der Waals surface area contributed by atoms with Crippen molar-refractivity contribution < 1.29 is 4.74 Å². The van der Waals surface area contributed by atoms with E-state index in [1.165, 1.54) is 6.42 Å². The Morgan fingerprint density at radius 3 is 2.17 bits per heavy atom. The number of rotatable bonds is 1. The highest BCUT2D eigenvalue weighted by atomic mass is 16.5. The predicted octanol–water partition coefficient (Wildman–Crippen LogP) is 1.75. The van der Waals surface area contributed by atoms with Gasteiger partial charge in [-0.3, -0.25) is 0 Å². The first kappa shape index (κ1) is 10.0. The lowest BCUT2D eigenvalue weighted by molar-refractivity contribution is 0.110. The number of ether oxygens (including phenoxy) is 1. The lowest BCUT2D eigenvalue weighted by Gasteiger charge is -2.32. The maximum atomic E-state index is 5.37. The largest absolute Gasteiger partial charge is 0.380 e. The highest BCUT2D eigenvalue weighted by Crippen LogP contribution is 2.32. The molecule has 2 heteroatoms. The molecule has 0 bridgehead atoms. The molecule has 2 nitrogen and oxygen atoms in total. The van der Waals surface area contributed by atoms with Crippen LogP contribution >= 0.6 is 0 Å². The Labute approximate surface area is 75.9 Å². The Kier molecular flexibility index (Phi) is 2.79. The SMILES string of the molecule is CO[C@@H]1CC(C(C)(C)C)N(C)C1. The van der Waals surface area contributed by atoms with E-state index in [0.717, 1.165) is 6.54 Å². The van der Waals surface area contributed by atoms with Gasteiger partial charge in [0, 0.05) is 19.7 Å². The number of methoxy groups -OCH3 is 1. The molecule has 0 N–H and O–H groups in total. The summed E-state index contributed by atoms with van der Waals surface area (Å²) in [6.07, 6.45) is 1.62. The van der Waals surface area contributed by atoms with E-state index in [9.17, 15) is 0 Å². The molecule has 0 spiro atoms. The van der Waals surface area contributed by atoms with Gasteiger partial charge in [0.2, 0.25) is 0 Å². The second-order valence-corrected chi connectivity index (χ2v) is 4.91. The minimum absolute atomic E-state index is 0.377. The molecular weight excluding hydrogens is 150 g/mol. The van der Waals surface area contributed by atoms with Crippen LogP contribution in [-0.2, 0) is 4.74 Å². The van der Waals surface area contributed by atoms with Gasteiger partial charge in [0.25, 0.3) is 0 Å². The average molecular weight is 171 g/mol. The number of likely N-dealkylation sites (N-methyl/N-ethyl adjacent to an activating group) is 1. The summed E-state index contributed by atoms with van der Waals surface area (Å²) in [5.74, 6) is 0. The van der Waals surface area contributed by atoms with Crippen LogP contribution in [0, 0.1) is 5.41 Å². The van der Waals surface area contributed by atoms with Crippen LogP contribution in [0.1, 0.15) is 27.2 Å². The van der Waals surface area contributed by atoms with Gasteiger partial charge >= 0.3 is 0 Å². The van der Waals surface area contributed by atoms with E-state index in [2.05, 4.69) is 32.7 Å². The topological polar surface area (TPSA) is 12.5 Å². The highest BCUT2D eigenvalue weighted by molar-refractivity contribution is 4.91. The van der Waals surface area contributed by atoms with Crippen molar-refractivity contribution in [2.75, 3.05) is 20.7 Å². The molecule has 1 aliphatic heterocycles. The molecule has 0 aliphatic carbocycles. The van der Waals surface area contributed by atoms with Crippen molar-refractivity contribution in [3.8, 4) is 0 Å². The maximum absolute atomic E-state index is 5.37. The van der Waals surface area contributed by atoms with Crippen molar-refractivity contribution >= 4 is 0 Å². The summed E-state index contributed by atoms with van der Waals surface area (Å²) in [7, 11) is 4.00. The molecule has 0 aromatic heterocycles. The van der Waals surface area contributed by atoms with Gasteiger partial charge in [-0.25, -0.2) is 0 Å². The van der Waals surface area contributed by atoms with E-state index in [1.807, 2.05) is 7.11 Å². The molecule has 2 atom stereocenters. The van der Waals surface area contributed by atoms with Crippen LogP contribution in [0.3, 0.4) is 0 Å². The van der Waals surface area contributed by atoms with Gasteiger partial charge in [0.15, 0.2) is 0 Å². The van der Waals surface area contributed by atoms with Crippen LogP contribution < -0.4 is 0 Å². The van der Waals surface area contributed by atoms with Gasteiger partial charge in [-0.1, -0.05) is 20.8 Å². The number of nitrogens with zero attached hydrogens (tertiary/aromatic N) is 1. The van der Waals surface area contributed by atoms with E-state index < -0.39 is 0 Å². The first-order valence-corrected chi connectivity index (χ1v) is 4.68. The molecule has 0 aromatic rings. The van der Waals surface area contributed by atoms with E-state index in [4.69, 9.17) is 4.74 Å². The van der Waals surface area contributed by atoms with Gasteiger partial charge in [-0.2, -0.15) is 0 Å². The summed E-state index contributed by atoms with van der Waals surface area (Å²) < 4.78 is 5.37. The van der Waals surface area contributed by atoms with E-state index in [-0.39, 0.29) is 0 Å². The van der Waals surface area contributed by atoms with Crippen LogP contribution in [-0.4, -0.2) is 37.7 Å². The van der Waals surface area contributed by atoms with Crippen molar-refractivity contribution in [2.45, 2.75) is 39.3 Å². The second-order valence-electron chi connectivity index (χ2n) is 4.91. The zero-order valence-electron chi connectivity index (χ0n) is 8.92. The third kappa shape index (κ3) is 1.99. The fraction of sp³-hybridized carbons (Fsp3) is 1.00. The summed E-state index contributed by atoms with van der Waals surface area (Å²) in [6, 6.07) is 0.669. The van der Waals surface area contributed by atoms with E-state index in [0.29, 0.717) is 17.6 Å². The van der Waals surface area contributed by atoms with Crippen LogP contribution in [0.2, 0.25) is 0 Å². The molecule has 1 fully saturated rings. The quantitative estimate of drug-likeness (QED) is 0.596. The van der Waals surface area contributed by atoms with Crippen LogP contribution in [0.15, 0.2) is 0 Å². The molecule has 1 aliphatic rings. The Bertz CT molecular complexity index is 150. The molecule has 12 heavy (non-hydrogen) atoms. The summed E-state index contributed by atoms with van der Waals surface area (Å²) in [4.78, 5) is 2.41. The van der Waals surface area contributed by atoms with Crippen molar-refractivity contribution in [3.63, 3.8) is 0 Å². The van der Waals surface area contributed by atoms with Gasteiger partial charge in [0.1, 0.15) is 0 Å². The zero-order chi connectivity index (χ0) is 9.35. The van der Waals surface area contributed by atoms with Crippen molar-refractivity contribution in [3.05, 3.63) is 0 Å². The lowest BCUT2D eigenvalue weighted by Crippen LogP contribution is -2.36. The molecule has 0 saturated carbocycles. The van der Waals surface area contributed by atoms with Crippen molar-refractivity contribution in [2.24, 2.45) is 5.41 Å². The van der Waals surface area contributed by atoms with Crippen molar-refractivity contribution in [1.82, 2.24) is 4.90 Å². The monoisotopic (exact) mass is 171 g/mol. The normalized spacial score (nSPS) is 32.8. The Balaban J connectivity index is 2.58. The van der Waals surface area contributed by atoms with Crippen LogP contribution in [0.25, 0.3) is 0 Å². The molecule has 0 radical (unpaired) electrons. The molecule has 1 saturated heterocycles. The fourth-order valence-corrected chi connectivity index (χ4v) is 2.14. The van der Waals surface area contributed by atoms with Gasteiger partial charge in [-0.15, -0.1) is 0 Å². The summed E-state index contributed by atoms with van der Waals surface area (Å²) in [5, 5.41) is 0. The van der Waals surface area contributed by atoms with Crippen LogP contribution in [0.5, 0.6) is 0 Å². The third-order valence-electron chi connectivity index (χ3n) is 2.84. The predicted molar refractivity (Wildman–Crippen MR) is 51.3 cm³/mol. The number of hydrogen-bond donors (Lipinski definition) is 0. The molecule has 0 amide bonds. The van der Waals surface area contributed by atoms with E-state index >= 15 is 0 Å². The number of hydrogen-bond acceptors (Lipinski definition) is 2. The Morgan fingerprint density at radius 1 is 1.33 bits per heavy atom. The number of likely N-dealkylation sites (tertiary alicyclic amines) is 1. The van der Waals surface area contributed by atoms with Gasteiger partial charge in [-0.05, 0) is 18.9 Å². The first-order valence-electron chi connectivity index (χ1n) is 4.68.